The van der Waals surface area contributed by atoms with Crippen LogP contribution in [0.3, 0.4) is 0 Å². The molecule has 1 aliphatic heterocycles. The van der Waals surface area contributed by atoms with Crippen LogP contribution in [0.5, 0.6) is 0 Å². The summed E-state index contributed by atoms with van der Waals surface area (Å²) in [6.45, 7) is 2.43. The zero-order valence-corrected chi connectivity index (χ0v) is 11.6. The van der Waals surface area contributed by atoms with E-state index in [9.17, 15) is 0 Å². The summed E-state index contributed by atoms with van der Waals surface area (Å²) in [6, 6.07) is 6.41. The van der Waals surface area contributed by atoms with Gasteiger partial charge in [-0.05, 0) is 42.5 Å². The van der Waals surface area contributed by atoms with E-state index in [4.69, 9.17) is 15.2 Å². The van der Waals surface area contributed by atoms with Crippen LogP contribution in [0.2, 0.25) is 0 Å². The van der Waals surface area contributed by atoms with Crippen molar-refractivity contribution >= 4 is 11.6 Å². The molecular formula is C15H21N3O2. The molecular weight excluding hydrogens is 254 g/mol. The normalized spacial score (nSPS) is 22.6. The maximum atomic E-state index is 5.91. The second kappa shape index (κ2) is 6.24. The Hall–Kier alpha value is -1.59. The van der Waals surface area contributed by atoms with Crippen LogP contribution in [-0.4, -0.2) is 38.4 Å². The van der Waals surface area contributed by atoms with E-state index >= 15 is 0 Å². The van der Waals surface area contributed by atoms with Crippen molar-refractivity contribution in [3.63, 3.8) is 0 Å². The lowest BCUT2D eigenvalue weighted by molar-refractivity contribution is -0.0832. The van der Waals surface area contributed by atoms with Crippen LogP contribution in [0.4, 0.5) is 5.69 Å². The monoisotopic (exact) mass is 275 g/mol. The zero-order valence-electron chi connectivity index (χ0n) is 11.6. The van der Waals surface area contributed by atoms with Crippen molar-refractivity contribution in [2.75, 3.05) is 31.7 Å². The molecule has 0 amide bonds. The molecule has 0 radical (unpaired) electrons. The van der Waals surface area contributed by atoms with Gasteiger partial charge in [-0.25, -0.2) is 0 Å². The van der Waals surface area contributed by atoms with Gasteiger partial charge in [-0.3, -0.25) is 4.99 Å². The minimum atomic E-state index is 0.0177. The smallest absolute Gasteiger partial charge is 0.193 e. The number of ether oxygens (including phenoxy) is 2. The van der Waals surface area contributed by atoms with E-state index in [0.29, 0.717) is 32.3 Å². The number of nitrogens with zero attached hydrogens (tertiary/aromatic N) is 1. The summed E-state index contributed by atoms with van der Waals surface area (Å²) in [5, 5.41) is 3.14. The standard InChI is InChI=1S/C15H21N3O2/c16-15(17-9-14-10-19-6-7-20-14)18-13-5-4-11-2-1-3-12(11)8-13/h4-5,8,14H,1-3,6-7,9-10H2,(H3,16,17,18). The minimum absolute atomic E-state index is 0.0177. The number of guanidine groups is 1. The highest BCUT2D eigenvalue weighted by atomic mass is 16.6. The van der Waals surface area contributed by atoms with Gasteiger partial charge in [0.25, 0.3) is 0 Å². The van der Waals surface area contributed by atoms with Crippen LogP contribution in [0.15, 0.2) is 23.2 Å². The molecule has 3 N–H and O–H groups in total. The van der Waals surface area contributed by atoms with Gasteiger partial charge in [0.05, 0.1) is 26.4 Å². The number of aryl methyl sites for hydroxylation is 2. The molecule has 1 saturated heterocycles. The highest BCUT2D eigenvalue weighted by molar-refractivity contribution is 5.92. The first-order valence-electron chi connectivity index (χ1n) is 7.19. The number of nitrogens with one attached hydrogen (secondary N) is 1. The largest absolute Gasteiger partial charge is 0.376 e. The number of anilines is 1. The summed E-state index contributed by atoms with van der Waals surface area (Å²) < 4.78 is 10.9. The van der Waals surface area contributed by atoms with Crippen LogP contribution in [-0.2, 0) is 22.3 Å². The first-order chi connectivity index (χ1) is 9.81. The van der Waals surface area contributed by atoms with Crippen molar-refractivity contribution in [2.24, 2.45) is 10.7 Å². The van der Waals surface area contributed by atoms with Gasteiger partial charge in [0.15, 0.2) is 5.96 Å². The Morgan fingerprint density at radius 2 is 2.20 bits per heavy atom. The molecule has 0 saturated carbocycles. The molecule has 5 nitrogen and oxygen atoms in total. The van der Waals surface area contributed by atoms with Gasteiger partial charge in [-0.15, -0.1) is 0 Å². The van der Waals surface area contributed by atoms with Gasteiger partial charge in [-0.1, -0.05) is 6.07 Å². The topological polar surface area (TPSA) is 68.9 Å². The molecule has 1 aliphatic carbocycles. The van der Waals surface area contributed by atoms with Gasteiger partial charge in [0.2, 0.25) is 0 Å². The van der Waals surface area contributed by atoms with E-state index in [1.807, 2.05) is 0 Å². The average Bonchev–Trinajstić information content (AvgIpc) is 2.94. The van der Waals surface area contributed by atoms with Crippen LogP contribution < -0.4 is 11.1 Å². The van der Waals surface area contributed by atoms with Crippen molar-refractivity contribution in [3.05, 3.63) is 29.3 Å². The quantitative estimate of drug-likeness (QED) is 0.645. The molecule has 1 unspecified atom stereocenters. The van der Waals surface area contributed by atoms with Gasteiger partial charge in [0, 0.05) is 5.69 Å². The van der Waals surface area contributed by atoms with Gasteiger partial charge in [-0.2, -0.15) is 0 Å². The molecule has 20 heavy (non-hydrogen) atoms. The van der Waals surface area contributed by atoms with E-state index in [-0.39, 0.29) is 6.10 Å². The van der Waals surface area contributed by atoms with Crippen molar-refractivity contribution < 1.29 is 9.47 Å². The second-order valence-corrected chi connectivity index (χ2v) is 5.26. The number of benzene rings is 1. The predicted octanol–water partition coefficient (Wildman–Crippen LogP) is 1.32. The van der Waals surface area contributed by atoms with Gasteiger partial charge >= 0.3 is 0 Å². The number of rotatable bonds is 3. The molecule has 0 spiro atoms. The maximum absolute atomic E-state index is 5.91. The van der Waals surface area contributed by atoms with E-state index in [2.05, 4.69) is 28.5 Å². The number of aliphatic imine (C=N–C) groups is 1. The van der Waals surface area contributed by atoms with Gasteiger partial charge in [0.1, 0.15) is 6.10 Å². The number of nitrogens with two attached hydrogens (primary N) is 1. The Labute approximate surface area is 119 Å². The fraction of sp³-hybridized carbons (Fsp3) is 0.533. The highest BCUT2D eigenvalue weighted by Crippen LogP contribution is 2.24. The molecule has 3 rings (SSSR count). The summed E-state index contributed by atoms with van der Waals surface area (Å²) in [6.07, 6.45) is 3.62. The lowest BCUT2D eigenvalue weighted by Gasteiger charge is -2.21. The predicted molar refractivity (Wildman–Crippen MR) is 79.1 cm³/mol. The molecule has 0 bridgehead atoms. The SMILES string of the molecule is NC(=NCC1COCCO1)Nc1ccc2c(c1)CCC2. The second-order valence-electron chi connectivity index (χ2n) is 5.26. The first-order valence-corrected chi connectivity index (χ1v) is 7.19. The van der Waals surface area contributed by atoms with Gasteiger partial charge < -0.3 is 20.5 Å². The molecule has 1 aromatic carbocycles. The molecule has 1 heterocycles. The molecule has 0 aromatic heterocycles. The summed E-state index contributed by atoms with van der Waals surface area (Å²) in [4.78, 5) is 4.31. The molecule has 1 fully saturated rings. The Bertz CT molecular complexity index is 496. The molecule has 108 valence electrons. The fourth-order valence-corrected chi connectivity index (χ4v) is 2.68. The fourth-order valence-electron chi connectivity index (χ4n) is 2.68. The van der Waals surface area contributed by atoms with Crippen LogP contribution in [0.25, 0.3) is 0 Å². The molecule has 1 atom stereocenters. The summed E-state index contributed by atoms with van der Waals surface area (Å²) >= 11 is 0. The van der Waals surface area contributed by atoms with Crippen LogP contribution >= 0.6 is 0 Å². The number of fused-ring (bicyclic) bond motifs is 1. The third-order valence-electron chi connectivity index (χ3n) is 3.72. The van der Waals surface area contributed by atoms with Crippen LogP contribution in [0, 0.1) is 0 Å². The third-order valence-corrected chi connectivity index (χ3v) is 3.72. The van der Waals surface area contributed by atoms with Crippen molar-refractivity contribution in [2.45, 2.75) is 25.4 Å². The van der Waals surface area contributed by atoms with E-state index in [0.717, 1.165) is 12.1 Å². The maximum Gasteiger partial charge on any atom is 0.193 e. The minimum Gasteiger partial charge on any atom is -0.376 e. The Morgan fingerprint density at radius 3 is 3.05 bits per heavy atom. The van der Waals surface area contributed by atoms with E-state index in [1.165, 1.54) is 24.0 Å². The van der Waals surface area contributed by atoms with E-state index < -0.39 is 0 Å². The Morgan fingerprint density at radius 1 is 1.30 bits per heavy atom. The molecule has 2 aliphatic rings. The van der Waals surface area contributed by atoms with Crippen LogP contribution in [0.1, 0.15) is 17.5 Å². The number of hydrogen-bond acceptors (Lipinski definition) is 3. The van der Waals surface area contributed by atoms with Crippen molar-refractivity contribution in [1.82, 2.24) is 0 Å². The van der Waals surface area contributed by atoms with Crippen molar-refractivity contribution in [3.8, 4) is 0 Å². The molecule has 1 aromatic rings. The first kappa shape index (κ1) is 13.4. The number of hydrogen-bond donors (Lipinski definition) is 2. The summed E-state index contributed by atoms with van der Waals surface area (Å²) in [7, 11) is 0. The zero-order chi connectivity index (χ0) is 13.8. The highest BCUT2D eigenvalue weighted by Gasteiger charge is 2.14. The summed E-state index contributed by atoms with van der Waals surface area (Å²) in [5.41, 5.74) is 9.80. The van der Waals surface area contributed by atoms with E-state index in [1.54, 1.807) is 0 Å². The molecule has 5 heteroatoms. The lowest BCUT2D eigenvalue weighted by atomic mass is 10.1. The summed E-state index contributed by atoms with van der Waals surface area (Å²) in [5.74, 6) is 0.428. The third kappa shape index (κ3) is 3.29. The lowest BCUT2D eigenvalue weighted by Crippen LogP contribution is -2.32. The average molecular weight is 275 g/mol. The Balaban J connectivity index is 1.56. The Kier molecular flexibility index (Phi) is 4.18. The van der Waals surface area contributed by atoms with Crippen molar-refractivity contribution in [1.29, 1.82) is 0 Å².